The molecular weight excluding hydrogens is 417 g/mol. The van der Waals surface area contributed by atoms with E-state index in [1.807, 2.05) is 0 Å². The SMILES string of the molecule is COc1ccc(-c2nc(C(C)Br)c(C=O)o2)c2ccc(C(F)(F)F)nc12. The van der Waals surface area contributed by atoms with Crippen LogP contribution in [0.5, 0.6) is 5.75 Å². The van der Waals surface area contributed by atoms with Crippen LogP contribution in [-0.4, -0.2) is 23.4 Å². The van der Waals surface area contributed by atoms with Gasteiger partial charge < -0.3 is 9.15 Å². The molecular formula is C17H12BrF3N2O3. The zero-order chi connectivity index (χ0) is 19.1. The van der Waals surface area contributed by atoms with Crippen molar-refractivity contribution in [1.82, 2.24) is 9.97 Å². The third-order valence-corrected chi connectivity index (χ3v) is 4.16. The first kappa shape index (κ1) is 18.4. The lowest BCUT2D eigenvalue weighted by Gasteiger charge is -2.11. The Morgan fingerprint density at radius 2 is 1.96 bits per heavy atom. The maximum Gasteiger partial charge on any atom is 0.433 e. The number of rotatable bonds is 4. The van der Waals surface area contributed by atoms with Crippen molar-refractivity contribution in [3.05, 3.63) is 41.4 Å². The number of fused-ring (bicyclic) bond motifs is 1. The number of benzene rings is 1. The molecule has 0 amide bonds. The summed E-state index contributed by atoms with van der Waals surface area (Å²) in [6.45, 7) is 1.78. The number of halogens is 4. The van der Waals surface area contributed by atoms with Gasteiger partial charge >= 0.3 is 6.18 Å². The van der Waals surface area contributed by atoms with Gasteiger partial charge in [-0.1, -0.05) is 15.9 Å². The number of aldehydes is 1. The number of methoxy groups -OCH3 is 1. The molecule has 9 heteroatoms. The molecule has 1 atom stereocenters. The molecule has 0 bridgehead atoms. The quantitative estimate of drug-likeness (QED) is 0.422. The van der Waals surface area contributed by atoms with Gasteiger partial charge in [-0.25, -0.2) is 9.97 Å². The highest BCUT2D eigenvalue weighted by Crippen LogP contribution is 2.37. The Balaban J connectivity index is 2.26. The molecule has 0 spiro atoms. The molecule has 0 aliphatic rings. The zero-order valence-electron chi connectivity index (χ0n) is 13.6. The highest BCUT2D eigenvalue weighted by molar-refractivity contribution is 9.09. The molecule has 0 fully saturated rings. The average molecular weight is 429 g/mol. The first-order chi connectivity index (χ1) is 12.3. The van der Waals surface area contributed by atoms with Crippen molar-refractivity contribution >= 4 is 33.1 Å². The van der Waals surface area contributed by atoms with E-state index < -0.39 is 11.9 Å². The van der Waals surface area contributed by atoms with Gasteiger partial charge in [0.15, 0.2) is 12.0 Å². The van der Waals surface area contributed by atoms with Crippen molar-refractivity contribution in [2.75, 3.05) is 7.11 Å². The smallest absolute Gasteiger partial charge is 0.433 e. The zero-order valence-corrected chi connectivity index (χ0v) is 15.2. The van der Waals surface area contributed by atoms with Gasteiger partial charge in [0.05, 0.1) is 11.9 Å². The van der Waals surface area contributed by atoms with E-state index in [0.29, 0.717) is 22.9 Å². The van der Waals surface area contributed by atoms with Gasteiger partial charge in [0, 0.05) is 10.9 Å². The molecule has 0 radical (unpaired) electrons. The normalized spacial score (nSPS) is 13.0. The standard InChI is InChI=1S/C17H12BrF3N2O3/c1-8(18)14-12(7-24)26-16(23-14)10-3-5-11(25-2)15-9(10)4-6-13(22-15)17(19,20)21/h3-8H,1-2H3. The summed E-state index contributed by atoms with van der Waals surface area (Å²) < 4.78 is 49.6. The third-order valence-electron chi connectivity index (χ3n) is 3.73. The molecule has 0 saturated heterocycles. The summed E-state index contributed by atoms with van der Waals surface area (Å²) in [6, 6.07) is 5.24. The average Bonchev–Trinajstić information content (AvgIpc) is 3.04. The first-order valence-corrected chi connectivity index (χ1v) is 8.33. The van der Waals surface area contributed by atoms with Gasteiger partial charge in [-0.3, -0.25) is 4.79 Å². The molecule has 1 unspecified atom stereocenters. The second-order valence-electron chi connectivity index (χ2n) is 5.41. The van der Waals surface area contributed by atoms with E-state index in [-0.39, 0.29) is 27.7 Å². The van der Waals surface area contributed by atoms with Crippen molar-refractivity contribution in [3.8, 4) is 17.2 Å². The molecule has 0 aliphatic heterocycles. The van der Waals surface area contributed by atoms with Gasteiger partial charge in [0.2, 0.25) is 5.89 Å². The van der Waals surface area contributed by atoms with Gasteiger partial charge in [0.1, 0.15) is 22.7 Å². The lowest BCUT2D eigenvalue weighted by molar-refractivity contribution is -0.140. The van der Waals surface area contributed by atoms with Crippen LogP contribution in [-0.2, 0) is 6.18 Å². The van der Waals surface area contributed by atoms with Crippen LogP contribution in [0.15, 0.2) is 28.7 Å². The fourth-order valence-corrected chi connectivity index (χ4v) is 2.86. The van der Waals surface area contributed by atoms with Crippen LogP contribution in [0.3, 0.4) is 0 Å². The molecule has 1 aromatic carbocycles. The lowest BCUT2D eigenvalue weighted by Crippen LogP contribution is -2.08. The molecule has 0 saturated carbocycles. The molecule has 2 aromatic heterocycles. The second kappa shape index (κ2) is 6.71. The monoisotopic (exact) mass is 428 g/mol. The van der Waals surface area contributed by atoms with Gasteiger partial charge in [-0.15, -0.1) is 0 Å². The van der Waals surface area contributed by atoms with Crippen molar-refractivity contribution in [2.45, 2.75) is 17.9 Å². The van der Waals surface area contributed by atoms with Crippen molar-refractivity contribution in [1.29, 1.82) is 0 Å². The molecule has 0 aliphatic carbocycles. The lowest BCUT2D eigenvalue weighted by atomic mass is 10.1. The number of hydrogen-bond acceptors (Lipinski definition) is 5. The molecule has 2 heterocycles. The highest BCUT2D eigenvalue weighted by Gasteiger charge is 2.33. The molecule has 136 valence electrons. The third kappa shape index (κ3) is 3.18. The van der Waals surface area contributed by atoms with E-state index in [9.17, 15) is 18.0 Å². The number of nitrogens with zero attached hydrogens (tertiary/aromatic N) is 2. The van der Waals surface area contributed by atoms with E-state index in [1.54, 1.807) is 13.0 Å². The summed E-state index contributed by atoms with van der Waals surface area (Å²) in [4.78, 5) is 18.9. The molecule has 3 rings (SSSR count). The predicted octanol–water partition coefficient (Wildman–Crippen LogP) is 5.19. The Labute approximate surface area is 154 Å². The minimum Gasteiger partial charge on any atom is -0.494 e. The fourth-order valence-electron chi connectivity index (χ4n) is 2.53. The van der Waals surface area contributed by atoms with Crippen molar-refractivity contribution < 1.29 is 27.1 Å². The van der Waals surface area contributed by atoms with E-state index >= 15 is 0 Å². The summed E-state index contributed by atoms with van der Waals surface area (Å²) in [7, 11) is 1.34. The van der Waals surface area contributed by atoms with Crippen molar-refractivity contribution in [3.63, 3.8) is 0 Å². The van der Waals surface area contributed by atoms with Crippen LogP contribution in [0, 0.1) is 0 Å². The number of hydrogen-bond donors (Lipinski definition) is 0. The molecule has 0 N–H and O–H groups in total. The van der Waals surface area contributed by atoms with Crippen LogP contribution in [0.1, 0.15) is 33.7 Å². The van der Waals surface area contributed by atoms with Gasteiger partial charge in [0.25, 0.3) is 0 Å². The van der Waals surface area contributed by atoms with E-state index in [4.69, 9.17) is 9.15 Å². The van der Waals surface area contributed by atoms with Crippen LogP contribution in [0.2, 0.25) is 0 Å². The van der Waals surface area contributed by atoms with Crippen LogP contribution < -0.4 is 4.74 Å². The van der Waals surface area contributed by atoms with Crippen LogP contribution >= 0.6 is 15.9 Å². The number of pyridine rings is 1. The molecule has 5 nitrogen and oxygen atoms in total. The number of aromatic nitrogens is 2. The minimum atomic E-state index is -4.58. The Bertz CT molecular complexity index is 983. The van der Waals surface area contributed by atoms with E-state index in [1.165, 1.54) is 19.2 Å². The number of ether oxygens (including phenoxy) is 1. The molecule has 3 aromatic rings. The highest BCUT2D eigenvalue weighted by atomic mass is 79.9. The second-order valence-corrected chi connectivity index (χ2v) is 6.78. The van der Waals surface area contributed by atoms with E-state index in [0.717, 1.165) is 6.07 Å². The predicted molar refractivity (Wildman–Crippen MR) is 91.5 cm³/mol. The van der Waals surface area contributed by atoms with Crippen LogP contribution in [0.4, 0.5) is 13.2 Å². The topological polar surface area (TPSA) is 65.2 Å². The maximum absolute atomic E-state index is 13.0. The number of oxazole rings is 1. The maximum atomic E-state index is 13.0. The summed E-state index contributed by atoms with van der Waals surface area (Å²) in [5, 5.41) is 0.366. The Morgan fingerprint density at radius 1 is 1.23 bits per heavy atom. The van der Waals surface area contributed by atoms with Gasteiger partial charge in [-0.2, -0.15) is 13.2 Å². The summed E-state index contributed by atoms with van der Waals surface area (Å²) >= 11 is 3.33. The van der Waals surface area contributed by atoms with E-state index in [2.05, 4.69) is 25.9 Å². The summed E-state index contributed by atoms with van der Waals surface area (Å²) in [6.07, 6.45) is -4.04. The number of carbonyl (C=O) groups excluding carboxylic acids is 1. The Hall–Kier alpha value is -2.42. The van der Waals surface area contributed by atoms with Crippen molar-refractivity contribution in [2.24, 2.45) is 0 Å². The fraction of sp³-hybridized carbons (Fsp3) is 0.235. The first-order valence-electron chi connectivity index (χ1n) is 7.41. The summed E-state index contributed by atoms with van der Waals surface area (Å²) in [5.41, 5.74) is -0.196. The minimum absolute atomic E-state index is 0.0270. The van der Waals surface area contributed by atoms with Gasteiger partial charge in [-0.05, 0) is 31.2 Å². The molecule has 26 heavy (non-hydrogen) atoms. The largest absolute Gasteiger partial charge is 0.494 e. The number of carbonyl (C=O) groups is 1. The Morgan fingerprint density at radius 3 is 2.50 bits per heavy atom. The Kier molecular flexibility index (Phi) is 4.74. The summed E-state index contributed by atoms with van der Waals surface area (Å²) in [5.74, 6) is 0.349. The van der Waals surface area contributed by atoms with Crippen LogP contribution in [0.25, 0.3) is 22.4 Å². The number of alkyl halides is 4.